The molecule has 30 heavy (non-hydrogen) atoms. The van der Waals surface area contributed by atoms with Gasteiger partial charge < -0.3 is 10.6 Å². The molecule has 1 aliphatic rings. The molecule has 1 aromatic carbocycles. The molecule has 0 radical (unpaired) electrons. The van der Waals surface area contributed by atoms with Crippen molar-refractivity contribution in [1.29, 1.82) is 0 Å². The van der Waals surface area contributed by atoms with Crippen LogP contribution in [0.2, 0.25) is 0 Å². The first-order valence-corrected chi connectivity index (χ1v) is 9.72. The quantitative estimate of drug-likeness (QED) is 0.535. The van der Waals surface area contributed by atoms with Crippen LogP contribution in [0.15, 0.2) is 36.8 Å². The van der Waals surface area contributed by atoms with Crippen molar-refractivity contribution in [2.24, 2.45) is 0 Å². The minimum absolute atomic E-state index is 0.278. The Hall–Kier alpha value is -3.82. The van der Waals surface area contributed by atoms with Crippen LogP contribution in [0.25, 0.3) is 11.0 Å². The topological polar surface area (TPSA) is 122 Å². The zero-order valence-electron chi connectivity index (χ0n) is 16.5. The van der Waals surface area contributed by atoms with Crippen molar-refractivity contribution in [1.82, 2.24) is 30.0 Å². The molecule has 154 valence electrons. The molecule has 1 aliphatic heterocycles. The van der Waals surface area contributed by atoms with Gasteiger partial charge in [0.1, 0.15) is 18.7 Å². The van der Waals surface area contributed by atoms with E-state index in [0.717, 1.165) is 29.1 Å². The van der Waals surface area contributed by atoms with Crippen LogP contribution in [-0.4, -0.2) is 62.0 Å². The molecule has 2 aromatic heterocycles. The zero-order valence-corrected chi connectivity index (χ0v) is 16.5. The standard InChI is InChI=1S/C20H21N7O3/c1-2-7-22-17-15-10-25-27(18(15)24-12-23-17)9-8-21-16(28)11-26-19(29)13-5-3-4-6-14(13)20(26)30/h3-6,10,12H,2,7-9,11H2,1H3,(H,21,28)(H,22,23,24). The summed E-state index contributed by atoms with van der Waals surface area (Å²) in [5, 5.41) is 11.1. The number of carbonyl (C=O) groups is 3. The molecule has 0 atom stereocenters. The van der Waals surface area contributed by atoms with E-state index in [-0.39, 0.29) is 13.1 Å². The second-order valence-electron chi connectivity index (χ2n) is 6.85. The Balaban J connectivity index is 1.35. The van der Waals surface area contributed by atoms with E-state index < -0.39 is 17.7 Å². The maximum atomic E-state index is 12.3. The Labute approximate surface area is 172 Å². The fraction of sp³-hybridized carbons (Fsp3) is 0.300. The minimum Gasteiger partial charge on any atom is -0.369 e. The van der Waals surface area contributed by atoms with Crippen molar-refractivity contribution in [2.45, 2.75) is 19.9 Å². The highest BCUT2D eigenvalue weighted by Gasteiger charge is 2.36. The van der Waals surface area contributed by atoms with Gasteiger partial charge in [-0.3, -0.25) is 19.3 Å². The Bertz CT molecular complexity index is 1090. The van der Waals surface area contributed by atoms with Crippen LogP contribution in [0.4, 0.5) is 5.82 Å². The molecule has 10 heteroatoms. The average Bonchev–Trinajstić information content (AvgIpc) is 3.28. The number of aromatic nitrogens is 4. The average molecular weight is 407 g/mol. The third-order valence-electron chi connectivity index (χ3n) is 4.80. The molecule has 4 rings (SSSR count). The van der Waals surface area contributed by atoms with Crippen LogP contribution in [-0.2, 0) is 11.3 Å². The van der Waals surface area contributed by atoms with E-state index in [9.17, 15) is 14.4 Å². The predicted molar refractivity (Wildman–Crippen MR) is 109 cm³/mol. The Morgan fingerprint density at radius 3 is 2.50 bits per heavy atom. The second kappa shape index (κ2) is 8.27. The minimum atomic E-state index is -0.451. The fourth-order valence-electron chi connectivity index (χ4n) is 3.32. The van der Waals surface area contributed by atoms with Gasteiger partial charge in [-0.2, -0.15) is 5.10 Å². The van der Waals surface area contributed by atoms with E-state index in [4.69, 9.17) is 0 Å². The molecule has 10 nitrogen and oxygen atoms in total. The number of hydrogen-bond donors (Lipinski definition) is 2. The predicted octanol–water partition coefficient (Wildman–Crippen LogP) is 1.06. The summed E-state index contributed by atoms with van der Waals surface area (Å²) in [6.45, 7) is 3.21. The van der Waals surface area contributed by atoms with Crippen molar-refractivity contribution in [2.75, 3.05) is 25.0 Å². The molecular weight excluding hydrogens is 386 g/mol. The van der Waals surface area contributed by atoms with Crippen LogP contribution in [0.5, 0.6) is 0 Å². The number of imide groups is 1. The number of benzene rings is 1. The summed E-state index contributed by atoms with van der Waals surface area (Å²) in [5.74, 6) is -0.594. The van der Waals surface area contributed by atoms with Gasteiger partial charge >= 0.3 is 0 Å². The summed E-state index contributed by atoms with van der Waals surface area (Å²) in [6.07, 6.45) is 4.13. The number of hydrogen-bond acceptors (Lipinski definition) is 7. The highest BCUT2D eigenvalue weighted by molar-refractivity contribution is 6.22. The van der Waals surface area contributed by atoms with Crippen molar-refractivity contribution in [3.8, 4) is 0 Å². The summed E-state index contributed by atoms with van der Waals surface area (Å²) in [4.78, 5) is 46.5. The Morgan fingerprint density at radius 1 is 1.07 bits per heavy atom. The number of rotatable bonds is 8. The molecular formula is C20H21N7O3. The molecule has 3 heterocycles. The van der Waals surface area contributed by atoms with E-state index >= 15 is 0 Å². The van der Waals surface area contributed by atoms with E-state index in [1.165, 1.54) is 6.33 Å². The van der Waals surface area contributed by atoms with Crippen LogP contribution in [0.3, 0.4) is 0 Å². The van der Waals surface area contributed by atoms with Crippen molar-refractivity contribution < 1.29 is 14.4 Å². The highest BCUT2D eigenvalue weighted by atomic mass is 16.2. The first kappa shape index (κ1) is 19.5. The number of nitrogens with one attached hydrogen (secondary N) is 2. The van der Waals surface area contributed by atoms with Crippen LogP contribution in [0, 0.1) is 0 Å². The SMILES string of the molecule is CCCNc1ncnc2c1cnn2CCNC(=O)CN1C(=O)c2ccccc2C1=O. The highest BCUT2D eigenvalue weighted by Crippen LogP contribution is 2.22. The van der Waals surface area contributed by atoms with Gasteiger partial charge in [0.15, 0.2) is 5.65 Å². The first-order valence-electron chi connectivity index (χ1n) is 9.72. The van der Waals surface area contributed by atoms with Gasteiger partial charge in [-0.15, -0.1) is 0 Å². The summed E-state index contributed by atoms with van der Waals surface area (Å²) < 4.78 is 1.68. The molecule has 3 aromatic rings. The van der Waals surface area contributed by atoms with Gasteiger partial charge in [-0.1, -0.05) is 19.1 Å². The molecule has 0 aliphatic carbocycles. The van der Waals surface area contributed by atoms with Crippen molar-refractivity contribution in [3.63, 3.8) is 0 Å². The lowest BCUT2D eigenvalue weighted by molar-refractivity contribution is -0.121. The number of carbonyl (C=O) groups excluding carboxylic acids is 3. The molecule has 0 saturated carbocycles. The van der Waals surface area contributed by atoms with Crippen molar-refractivity contribution in [3.05, 3.63) is 47.9 Å². The molecule has 0 spiro atoms. The molecule has 0 saturated heterocycles. The molecule has 0 unspecified atom stereocenters. The number of anilines is 1. The van der Waals surface area contributed by atoms with Gasteiger partial charge in [-0.25, -0.2) is 14.6 Å². The number of nitrogens with zero attached hydrogens (tertiary/aromatic N) is 5. The van der Waals surface area contributed by atoms with Gasteiger partial charge in [0, 0.05) is 13.1 Å². The van der Waals surface area contributed by atoms with Crippen LogP contribution in [0.1, 0.15) is 34.1 Å². The molecule has 0 fully saturated rings. The summed E-state index contributed by atoms with van der Waals surface area (Å²) in [7, 11) is 0. The lowest BCUT2D eigenvalue weighted by Crippen LogP contribution is -2.41. The molecule has 2 N–H and O–H groups in total. The van der Waals surface area contributed by atoms with E-state index in [2.05, 4.69) is 32.6 Å². The monoisotopic (exact) mass is 407 g/mol. The maximum absolute atomic E-state index is 12.3. The summed E-state index contributed by atoms with van der Waals surface area (Å²) in [6, 6.07) is 6.55. The van der Waals surface area contributed by atoms with Gasteiger partial charge in [-0.05, 0) is 18.6 Å². The Morgan fingerprint density at radius 2 is 1.80 bits per heavy atom. The molecule has 0 bridgehead atoms. The van der Waals surface area contributed by atoms with E-state index in [1.807, 2.05) is 0 Å². The first-order chi connectivity index (χ1) is 14.6. The lowest BCUT2D eigenvalue weighted by atomic mass is 10.1. The largest absolute Gasteiger partial charge is 0.369 e. The normalized spacial score (nSPS) is 13.0. The third kappa shape index (κ3) is 3.59. The van der Waals surface area contributed by atoms with Crippen molar-refractivity contribution >= 4 is 34.6 Å². The van der Waals surface area contributed by atoms with Crippen LogP contribution < -0.4 is 10.6 Å². The summed E-state index contributed by atoms with van der Waals surface area (Å²) in [5.41, 5.74) is 1.31. The van der Waals surface area contributed by atoms with Gasteiger partial charge in [0.25, 0.3) is 11.8 Å². The van der Waals surface area contributed by atoms with Gasteiger partial charge in [0.05, 0.1) is 29.3 Å². The third-order valence-corrected chi connectivity index (χ3v) is 4.80. The van der Waals surface area contributed by atoms with Crippen LogP contribution >= 0.6 is 0 Å². The second-order valence-corrected chi connectivity index (χ2v) is 6.85. The fourth-order valence-corrected chi connectivity index (χ4v) is 3.32. The zero-order chi connectivity index (χ0) is 21.1. The van der Waals surface area contributed by atoms with Gasteiger partial charge in [0.2, 0.25) is 5.91 Å². The lowest BCUT2D eigenvalue weighted by Gasteiger charge is -2.13. The maximum Gasteiger partial charge on any atom is 0.262 e. The number of fused-ring (bicyclic) bond motifs is 2. The van der Waals surface area contributed by atoms with E-state index in [1.54, 1.807) is 35.1 Å². The summed E-state index contributed by atoms with van der Waals surface area (Å²) >= 11 is 0. The van der Waals surface area contributed by atoms with E-state index in [0.29, 0.717) is 23.3 Å². The molecule has 3 amide bonds. The number of amides is 3. The Kier molecular flexibility index (Phi) is 5.38. The smallest absolute Gasteiger partial charge is 0.262 e.